The van der Waals surface area contributed by atoms with Gasteiger partial charge in [-0.2, -0.15) is 0 Å². The summed E-state index contributed by atoms with van der Waals surface area (Å²) in [5, 5.41) is 6.58. The summed E-state index contributed by atoms with van der Waals surface area (Å²) < 4.78 is 9.77. The Morgan fingerprint density at radius 1 is 1.41 bits per heavy atom. The molecule has 0 saturated carbocycles. The lowest BCUT2D eigenvalue weighted by Gasteiger charge is -2.23. The number of carbonyl (C=O) groups is 3. The summed E-state index contributed by atoms with van der Waals surface area (Å²) >= 11 is 0. The molecule has 1 fully saturated rings. The molecule has 1 aliphatic rings. The Balaban J connectivity index is 1.88. The zero-order valence-electron chi connectivity index (χ0n) is 17.1. The SMILES string of the molecule is C=C(C=CC(=CC)C(=O)OC)CNC(=O)C1CCCN1C(=O)Cc1cc(C)no1. The Morgan fingerprint density at radius 2 is 2.17 bits per heavy atom. The van der Waals surface area contributed by atoms with Crippen LogP contribution in [0.25, 0.3) is 0 Å². The number of hydrogen-bond acceptors (Lipinski definition) is 6. The maximum atomic E-state index is 12.6. The Kier molecular flexibility index (Phi) is 7.94. The third-order valence-corrected chi connectivity index (χ3v) is 4.60. The second-order valence-corrected chi connectivity index (χ2v) is 6.80. The highest BCUT2D eigenvalue weighted by atomic mass is 16.5. The van der Waals surface area contributed by atoms with Gasteiger partial charge < -0.3 is 19.5 Å². The minimum absolute atomic E-state index is 0.0831. The van der Waals surface area contributed by atoms with Gasteiger partial charge in [-0.15, -0.1) is 0 Å². The topological polar surface area (TPSA) is 102 Å². The van der Waals surface area contributed by atoms with E-state index < -0.39 is 12.0 Å². The van der Waals surface area contributed by atoms with E-state index in [4.69, 9.17) is 4.52 Å². The van der Waals surface area contributed by atoms with Gasteiger partial charge in [0.25, 0.3) is 0 Å². The van der Waals surface area contributed by atoms with Crippen molar-refractivity contribution < 1.29 is 23.6 Å². The molecule has 1 aromatic heterocycles. The molecule has 1 atom stereocenters. The number of aryl methyl sites for hydroxylation is 1. The fourth-order valence-electron chi connectivity index (χ4n) is 3.07. The van der Waals surface area contributed by atoms with Crippen LogP contribution < -0.4 is 5.32 Å². The maximum absolute atomic E-state index is 12.6. The zero-order chi connectivity index (χ0) is 21.4. The van der Waals surface area contributed by atoms with Gasteiger partial charge in [0.2, 0.25) is 11.8 Å². The Bertz CT molecular complexity index is 837. The molecular weight excluding hydrogens is 374 g/mol. The number of nitrogens with zero attached hydrogens (tertiary/aromatic N) is 2. The van der Waals surface area contributed by atoms with Gasteiger partial charge in [0.1, 0.15) is 11.8 Å². The second-order valence-electron chi connectivity index (χ2n) is 6.80. The average molecular weight is 401 g/mol. The average Bonchev–Trinajstić information content (AvgIpc) is 3.35. The third kappa shape index (κ3) is 6.17. The Hall–Kier alpha value is -3.16. The number of amides is 2. The van der Waals surface area contributed by atoms with Gasteiger partial charge in [-0.25, -0.2) is 4.79 Å². The summed E-state index contributed by atoms with van der Waals surface area (Å²) in [6.07, 6.45) is 6.33. The number of allylic oxidation sites excluding steroid dienone is 1. The van der Waals surface area contributed by atoms with Crippen LogP contribution in [0.3, 0.4) is 0 Å². The summed E-state index contributed by atoms with van der Waals surface area (Å²) in [4.78, 5) is 38.3. The first kappa shape index (κ1) is 22.1. The lowest BCUT2D eigenvalue weighted by atomic mass is 10.1. The normalized spacial score (nSPS) is 16.9. The molecule has 2 rings (SSSR count). The van der Waals surface area contributed by atoms with Crippen molar-refractivity contribution in [3.8, 4) is 0 Å². The third-order valence-electron chi connectivity index (χ3n) is 4.60. The van der Waals surface area contributed by atoms with Crippen molar-refractivity contribution in [3.63, 3.8) is 0 Å². The summed E-state index contributed by atoms with van der Waals surface area (Å²) in [6, 6.07) is 1.21. The first-order chi connectivity index (χ1) is 13.8. The van der Waals surface area contributed by atoms with Crippen molar-refractivity contribution in [2.24, 2.45) is 0 Å². The van der Waals surface area contributed by atoms with E-state index in [1.54, 1.807) is 43.0 Å². The molecule has 1 aromatic rings. The fraction of sp³-hybridized carbons (Fsp3) is 0.429. The zero-order valence-corrected chi connectivity index (χ0v) is 17.1. The molecule has 8 nitrogen and oxygen atoms in total. The fourth-order valence-corrected chi connectivity index (χ4v) is 3.07. The van der Waals surface area contributed by atoms with Gasteiger partial charge in [0, 0.05) is 19.2 Å². The minimum Gasteiger partial charge on any atom is -0.465 e. The largest absolute Gasteiger partial charge is 0.465 e. The molecule has 0 aromatic carbocycles. The van der Waals surface area contributed by atoms with Gasteiger partial charge in [0.15, 0.2) is 0 Å². The van der Waals surface area contributed by atoms with Gasteiger partial charge in [0.05, 0.1) is 24.8 Å². The van der Waals surface area contributed by atoms with E-state index in [1.165, 1.54) is 7.11 Å². The van der Waals surface area contributed by atoms with Crippen LogP contribution in [-0.4, -0.2) is 54.1 Å². The van der Waals surface area contributed by atoms with Gasteiger partial charge >= 0.3 is 5.97 Å². The molecule has 2 heterocycles. The van der Waals surface area contributed by atoms with Gasteiger partial charge in [-0.05, 0) is 38.3 Å². The molecule has 0 aliphatic carbocycles. The molecule has 0 bridgehead atoms. The number of aromatic nitrogens is 1. The van der Waals surface area contributed by atoms with E-state index in [9.17, 15) is 14.4 Å². The number of carbonyl (C=O) groups excluding carboxylic acids is 3. The monoisotopic (exact) mass is 401 g/mol. The van der Waals surface area contributed by atoms with Crippen LogP contribution in [0.2, 0.25) is 0 Å². The first-order valence-corrected chi connectivity index (χ1v) is 9.45. The summed E-state index contributed by atoms with van der Waals surface area (Å²) in [5.41, 5.74) is 1.73. The van der Waals surface area contributed by atoms with E-state index in [-0.39, 0.29) is 24.8 Å². The Morgan fingerprint density at radius 3 is 2.79 bits per heavy atom. The number of methoxy groups -OCH3 is 1. The van der Waals surface area contributed by atoms with Crippen LogP contribution in [0.4, 0.5) is 0 Å². The molecule has 0 spiro atoms. The molecule has 1 saturated heterocycles. The van der Waals surface area contributed by atoms with Crippen LogP contribution >= 0.6 is 0 Å². The number of likely N-dealkylation sites (tertiary alicyclic amines) is 1. The van der Waals surface area contributed by atoms with E-state index in [2.05, 4.69) is 21.8 Å². The van der Waals surface area contributed by atoms with Crippen molar-refractivity contribution >= 4 is 17.8 Å². The standard InChI is InChI=1S/C21H27N3O5/c1-5-16(21(27)28-4)9-8-14(2)13-22-20(26)18-7-6-10-24(18)19(25)12-17-11-15(3)23-29-17/h5,8-9,11,18H,2,6-7,10,12-13H2,1,3-4H3,(H,22,26). The molecule has 0 radical (unpaired) electrons. The summed E-state index contributed by atoms with van der Waals surface area (Å²) in [6.45, 7) is 8.14. The lowest BCUT2D eigenvalue weighted by Crippen LogP contribution is -2.46. The minimum atomic E-state index is -0.510. The van der Waals surface area contributed by atoms with Crippen molar-refractivity contribution in [2.45, 2.75) is 39.2 Å². The molecule has 1 aliphatic heterocycles. The van der Waals surface area contributed by atoms with E-state index >= 15 is 0 Å². The Labute approximate surface area is 170 Å². The van der Waals surface area contributed by atoms with Crippen molar-refractivity contribution in [3.05, 3.63) is 53.5 Å². The number of nitrogens with one attached hydrogen (secondary N) is 1. The predicted octanol–water partition coefficient (Wildman–Crippen LogP) is 1.86. The predicted molar refractivity (Wildman–Crippen MR) is 107 cm³/mol. The second kappa shape index (κ2) is 10.4. The molecule has 29 heavy (non-hydrogen) atoms. The van der Waals surface area contributed by atoms with Crippen molar-refractivity contribution in [2.75, 3.05) is 20.2 Å². The number of hydrogen-bond donors (Lipinski definition) is 1. The lowest BCUT2D eigenvalue weighted by molar-refractivity contribution is -0.138. The van der Waals surface area contributed by atoms with Crippen molar-refractivity contribution in [1.29, 1.82) is 0 Å². The van der Waals surface area contributed by atoms with Crippen LogP contribution in [-0.2, 0) is 25.5 Å². The van der Waals surface area contributed by atoms with E-state index in [0.717, 1.165) is 6.42 Å². The molecule has 8 heteroatoms. The molecule has 1 unspecified atom stereocenters. The molecule has 156 valence electrons. The quantitative estimate of drug-likeness (QED) is 0.405. The highest BCUT2D eigenvalue weighted by Gasteiger charge is 2.34. The van der Waals surface area contributed by atoms with Crippen molar-refractivity contribution in [1.82, 2.24) is 15.4 Å². The van der Waals surface area contributed by atoms with Crippen LogP contribution in [0.1, 0.15) is 31.2 Å². The van der Waals surface area contributed by atoms with Crippen LogP contribution in [0.15, 0.2) is 46.5 Å². The molecule has 1 N–H and O–H groups in total. The van der Waals surface area contributed by atoms with Crippen LogP contribution in [0.5, 0.6) is 0 Å². The first-order valence-electron chi connectivity index (χ1n) is 9.45. The highest BCUT2D eigenvalue weighted by Crippen LogP contribution is 2.19. The van der Waals surface area contributed by atoms with Gasteiger partial charge in [-0.3, -0.25) is 9.59 Å². The van der Waals surface area contributed by atoms with E-state index in [0.29, 0.717) is 35.6 Å². The smallest absolute Gasteiger partial charge is 0.337 e. The number of rotatable bonds is 8. The maximum Gasteiger partial charge on any atom is 0.337 e. The van der Waals surface area contributed by atoms with Gasteiger partial charge in [-0.1, -0.05) is 23.9 Å². The summed E-state index contributed by atoms with van der Waals surface area (Å²) in [7, 11) is 1.31. The molecular formula is C21H27N3O5. The number of ether oxygens (including phenoxy) is 1. The van der Waals surface area contributed by atoms with Crippen LogP contribution in [0, 0.1) is 6.92 Å². The highest BCUT2D eigenvalue weighted by molar-refractivity contribution is 5.91. The molecule has 2 amide bonds. The van der Waals surface area contributed by atoms with E-state index in [1.807, 2.05) is 0 Å². The number of esters is 1. The summed E-state index contributed by atoms with van der Waals surface area (Å²) in [5.74, 6) is -0.336.